The molecule has 0 bridgehead atoms. The van der Waals surface area contributed by atoms with Gasteiger partial charge >= 0.3 is 0 Å². The number of aryl methyl sites for hydroxylation is 2. The molecule has 0 aromatic heterocycles. The van der Waals surface area contributed by atoms with E-state index in [0.717, 1.165) is 6.04 Å². The molecule has 0 saturated carbocycles. The lowest BCUT2D eigenvalue weighted by molar-refractivity contribution is 0.431. The average molecular weight is 275 g/mol. The minimum Gasteiger partial charge on any atom is -0.307 e. The maximum atomic E-state index is 3.83. The van der Waals surface area contributed by atoms with Crippen LogP contribution in [0.4, 0.5) is 0 Å². The van der Waals surface area contributed by atoms with E-state index in [1.807, 2.05) is 0 Å². The third-order valence-corrected chi connectivity index (χ3v) is 5.63. The lowest BCUT2D eigenvalue weighted by atomic mass is 9.89. The van der Waals surface area contributed by atoms with Crippen LogP contribution in [0.5, 0.6) is 0 Å². The Morgan fingerprint density at radius 1 is 1.11 bits per heavy atom. The van der Waals surface area contributed by atoms with E-state index in [-0.39, 0.29) is 0 Å². The van der Waals surface area contributed by atoms with Crippen molar-refractivity contribution in [3.05, 3.63) is 34.9 Å². The van der Waals surface area contributed by atoms with E-state index in [0.29, 0.717) is 6.04 Å². The van der Waals surface area contributed by atoms with Crippen molar-refractivity contribution in [2.75, 3.05) is 11.5 Å². The highest BCUT2D eigenvalue weighted by Crippen LogP contribution is 2.26. The summed E-state index contributed by atoms with van der Waals surface area (Å²) < 4.78 is 0. The summed E-state index contributed by atoms with van der Waals surface area (Å²) in [6.07, 6.45) is 7.99. The van der Waals surface area contributed by atoms with E-state index >= 15 is 0 Å². The first-order valence-corrected chi connectivity index (χ1v) is 8.94. The molecule has 2 heteroatoms. The Bertz CT molecular complexity index is 423. The second kappa shape index (κ2) is 6.32. The topological polar surface area (TPSA) is 12.0 Å². The fourth-order valence-electron chi connectivity index (χ4n) is 3.34. The molecule has 3 rings (SSSR count). The van der Waals surface area contributed by atoms with E-state index in [1.54, 1.807) is 11.1 Å². The Hall–Kier alpha value is -0.470. The Morgan fingerprint density at radius 3 is 2.63 bits per heavy atom. The van der Waals surface area contributed by atoms with Crippen molar-refractivity contribution < 1.29 is 0 Å². The van der Waals surface area contributed by atoms with Gasteiger partial charge in [-0.25, -0.2) is 0 Å². The standard InChI is InChI=1S/C17H25NS/c1-13(18-17-8-10-19-11-9-17)15-7-6-14-4-2-3-5-16(14)12-15/h6-7,12-13,17-18H,2-5,8-11H2,1H3. The van der Waals surface area contributed by atoms with Crippen LogP contribution < -0.4 is 5.32 Å². The fourth-order valence-corrected chi connectivity index (χ4v) is 4.44. The molecule has 1 N–H and O–H groups in total. The molecule has 1 saturated heterocycles. The zero-order valence-corrected chi connectivity index (χ0v) is 12.8. The van der Waals surface area contributed by atoms with Crippen molar-refractivity contribution in [3.8, 4) is 0 Å². The molecule has 1 aliphatic carbocycles. The molecule has 1 aliphatic heterocycles. The molecule has 19 heavy (non-hydrogen) atoms. The van der Waals surface area contributed by atoms with Gasteiger partial charge in [-0.15, -0.1) is 0 Å². The maximum absolute atomic E-state index is 3.83. The molecule has 1 unspecified atom stereocenters. The van der Waals surface area contributed by atoms with Crippen LogP contribution >= 0.6 is 11.8 Å². The summed E-state index contributed by atoms with van der Waals surface area (Å²) in [7, 11) is 0. The largest absolute Gasteiger partial charge is 0.307 e. The van der Waals surface area contributed by atoms with Crippen LogP contribution in [0.25, 0.3) is 0 Å². The molecule has 0 radical (unpaired) electrons. The van der Waals surface area contributed by atoms with Crippen LogP contribution in [-0.2, 0) is 12.8 Å². The SMILES string of the molecule is CC(NC1CCSCC1)c1ccc2c(c1)CCCC2. The molecule has 2 aliphatic rings. The first-order chi connectivity index (χ1) is 9.33. The number of fused-ring (bicyclic) bond motifs is 1. The molecule has 1 nitrogen and oxygen atoms in total. The van der Waals surface area contributed by atoms with Crippen molar-refractivity contribution in [3.63, 3.8) is 0 Å². The van der Waals surface area contributed by atoms with Crippen molar-refractivity contribution in [1.29, 1.82) is 0 Å². The minimum atomic E-state index is 0.500. The number of thioether (sulfide) groups is 1. The van der Waals surface area contributed by atoms with Crippen LogP contribution in [0.1, 0.15) is 55.3 Å². The monoisotopic (exact) mass is 275 g/mol. The normalized spacial score (nSPS) is 21.9. The molecular formula is C17H25NS. The zero-order chi connectivity index (χ0) is 13.1. The van der Waals surface area contributed by atoms with Crippen molar-refractivity contribution in [2.24, 2.45) is 0 Å². The summed E-state index contributed by atoms with van der Waals surface area (Å²) in [6, 6.07) is 8.41. The van der Waals surface area contributed by atoms with Crippen molar-refractivity contribution in [1.82, 2.24) is 5.32 Å². The third-order valence-electron chi connectivity index (χ3n) is 4.58. The molecule has 104 valence electrons. The molecular weight excluding hydrogens is 250 g/mol. The molecule has 0 spiro atoms. The van der Waals surface area contributed by atoms with Gasteiger partial charge < -0.3 is 5.32 Å². The first kappa shape index (κ1) is 13.5. The van der Waals surface area contributed by atoms with Gasteiger partial charge in [0.1, 0.15) is 0 Å². The second-order valence-electron chi connectivity index (χ2n) is 6.01. The van der Waals surface area contributed by atoms with Gasteiger partial charge in [-0.05, 0) is 73.6 Å². The second-order valence-corrected chi connectivity index (χ2v) is 7.24. The van der Waals surface area contributed by atoms with Crippen LogP contribution in [0.15, 0.2) is 18.2 Å². The van der Waals surface area contributed by atoms with Gasteiger partial charge in [0.15, 0.2) is 0 Å². The van der Waals surface area contributed by atoms with E-state index in [4.69, 9.17) is 0 Å². The van der Waals surface area contributed by atoms with Gasteiger partial charge in [0.05, 0.1) is 0 Å². The summed E-state index contributed by atoms with van der Waals surface area (Å²) in [4.78, 5) is 0. The third kappa shape index (κ3) is 3.35. The molecule has 0 amide bonds. The molecule has 1 aromatic rings. The predicted octanol–water partition coefficient (Wildman–Crippen LogP) is 4.11. The van der Waals surface area contributed by atoms with Gasteiger partial charge in [-0.1, -0.05) is 18.2 Å². The lowest BCUT2D eigenvalue weighted by Gasteiger charge is -2.27. The fraction of sp³-hybridized carbons (Fsp3) is 0.647. The lowest BCUT2D eigenvalue weighted by Crippen LogP contribution is -2.34. The summed E-state index contributed by atoms with van der Waals surface area (Å²) in [5.41, 5.74) is 4.69. The zero-order valence-electron chi connectivity index (χ0n) is 12.0. The number of rotatable bonds is 3. The quantitative estimate of drug-likeness (QED) is 0.891. The van der Waals surface area contributed by atoms with Crippen LogP contribution in [0, 0.1) is 0 Å². The summed E-state index contributed by atoms with van der Waals surface area (Å²) >= 11 is 2.10. The first-order valence-electron chi connectivity index (χ1n) is 7.78. The van der Waals surface area contributed by atoms with Crippen LogP contribution in [0.3, 0.4) is 0 Å². The van der Waals surface area contributed by atoms with Crippen molar-refractivity contribution in [2.45, 2.75) is 57.5 Å². The molecule has 1 atom stereocenters. The van der Waals surface area contributed by atoms with Gasteiger partial charge in [-0.3, -0.25) is 0 Å². The van der Waals surface area contributed by atoms with Crippen molar-refractivity contribution >= 4 is 11.8 Å². The van der Waals surface area contributed by atoms with Gasteiger partial charge in [0, 0.05) is 12.1 Å². The Morgan fingerprint density at radius 2 is 1.84 bits per heavy atom. The highest BCUT2D eigenvalue weighted by molar-refractivity contribution is 7.99. The van der Waals surface area contributed by atoms with Crippen LogP contribution in [0.2, 0.25) is 0 Å². The van der Waals surface area contributed by atoms with E-state index < -0.39 is 0 Å². The van der Waals surface area contributed by atoms with E-state index in [9.17, 15) is 0 Å². The summed E-state index contributed by atoms with van der Waals surface area (Å²) in [5.74, 6) is 2.66. The Balaban J connectivity index is 1.67. The van der Waals surface area contributed by atoms with Gasteiger partial charge in [-0.2, -0.15) is 11.8 Å². The maximum Gasteiger partial charge on any atom is 0.0294 e. The summed E-state index contributed by atoms with van der Waals surface area (Å²) in [5, 5.41) is 3.83. The van der Waals surface area contributed by atoms with E-state index in [2.05, 4.69) is 42.2 Å². The Labute approximate surface area is 121 Å². The number of nitrogens with one attached hydrogen (secondary N) is 1. The van der Waals surface area contributed by atoms with E-state index in [1.165, 1.54) is 55.6 Å². The molecule has 1 aromatic carbocycles. The predicted molar refractivity (Wildman–Crippen MR) is 85.0 cm³/mol. The number of hydrogen-bond acceptors (Lipinski definition) is 2. The molecule has 1 fully saturated rings. The number of benzene rings is 1. The highest BCUT2D eigenvalue weighted by Gasteiger charge is 2.17. The van der Waals surface area contributed by atoms with Gasteiger partial charge in [0.2, 0.25) is 0 Å². The highest BCUT2D eigenvalue weighted by atomic mass is 32.2. The smallest absolute Gasteiger partial charge is 0.0294 e. The molecule has 1 heterocycles. The van der Waals surface area contributed by atoms with Crippen LogP contribution in [-0.4, -0.2) is 17.5 Å². The average Bonchev–Trinajstić information content (AvgIpc) is 2.48. The number of hydrogen-bond donors (Lipinski definition) is 1. The summed E-state index contributed by atoms with van der Waals surface area (Å²) in [6.45, 7) is 2.33. The van der Waals surface area contributed by atoms with Gasteiger partial charge in [0.25, 0.3) is 0 Å². The Kier molecular flexibility index (Phi) is 4.49. The minimum absolute atomic E-state index is 0.500.